The first-order valence-electron chi connectivity index (χ1n) is 12.1. The van der Waals surface area contributed by atoms with Gasteiger partial charge in [0.05, 0.1) is 11.9 Å². The minimum Gasteiger partial charge on any atom is -0.352 e. The zero-order chi connectivity index (χ0) is 27.9. The standard InChI is InChI=1S/C28H31ClFN3O4S/c1-20(2)31-28(35)26(17-21-9-5-4-6-10-21)32(18-22-11-7-8-12-25(22)29)27(34)19-33(38(3,36)37)24-15-13-23(30)14-16-24/h4-16,20,26H,17-19H2,1-3H3,(H,31,35). The van der Waals surface area contributed by atoms with Gasteiger partial charge in [0.2, 0.25) is 21.8 Å². The molecule has 1 N–H and O–H groups in total. The van der Waals surface area contributed by atoms with Crippen molar-refractivity contribution >= 4 is 39.1 Å². The second-order valence-corrected chi connectivity index (χ2v) is 11.5. The average Bonchev–Trinajstić information content (AvgIpc) is 2.85. The highest BCUT2D eigenvalue weighted by atomic mass is 35.5. The minimum absolute atomic E-state index is 0.0253. The molecule has 0 spiro atoms. The third kappa shape index (κ3) is 8.03. The van der Waals surface area contributed by atoms with E-state index in [9.17, 15) is 22.4 Å². The van der Waals surface area contributed by atoms with E-state index in [0.717, 1.165) is 28.3 Å². The van der Waals surface area contributed by atoms with Gasteiger partial charge in [-0.2, -0.15) is 0 Å². The van der Waals surface area contributed by atoms with E-state index in [-0.39, 0.29) is 30.6 Å². The van der Waals surface area contributed by atoms with Gasteiger partial charge in [0.1, 0.15) is 18.4 Å². The van der Waals surface area contributed by atoms with Crippen molar-refractivity contribution in [3.63, 3.8) is 0 Å². The lowest BCUT2D eigenvalue weighted by molar-refractivity contribution is -0.140. The number of halogens is 2. The third-order valence-corrected chi connectivity index (χ3v) is 7.30. The average molecular weight is 560 g/mol. The van der Waals surface area contributed by atoms with E-state index in [1.807, 2.05) is 44.2 Å². The van der Waals surface area contributed by atoms with Gasteiger partial charge in [-0.05, 0) is 55.3 Å². The minimum atomic E-state index is -3.93. The molecule has 0 aliphatic heterocycles. The Morgan fingerprint density at radius 2 is 1.55 bits per heavy atom. The van der Waals surface area contributed by atoms with Crippen molar-refractivity contribution in [2.75, 3.05) is 17.1 Å². The summed E-state index contributed by atoms with van der Waals surface area (Å²) in [6, 6.07) is 19.9. The molecule has 7 nitrogen and oxygen atoms in total. The van der Waals surface area contributed by atoms with Crippen LogP contribution in [0, 0.1) is 5.82 Å². The Balaban J connectivity index is 2.06. The zero-order valence-corrected chi connectivity index (χ0v) is 23.0. The molecular weight excluding hydrogens is 529 g/mol. The Morgan fingerprint density at radius 1 is 0.947 bits per heavy atom. The summed E-state index contributed by atoms with van der Waals surface area (Å²) in [5.41, 5.74) is 1.56. The number of sulfonamides is 1. The Hall–Kier alpha value is -3.43. The first-order valence-corrected chi connectivity index (χ1v) is 14.3. The summed E-state index contributed by atoms with van der Waals surface area (Å²) in [7, 11) is -3.93. The highest BCUT2D eigenvalue weighted by Gasteiger charge is 2.33. The number of carbonyl (C=O) groups is 2. The highest BCUT2D eigenvalue weighted by Crippen LogP contribution is 2.23. The van der Waals surface area contributed by atoms with Crippen LogP contribution in [0.15, 0.2) is 78.9 Å². The molecule has 2 amide bonds. The van der Waals surface area contributed by atoms with E-state index in [0.29, 0.717) is 10.6 Å². The van der Waals surface area contributed by atoms with Crippen LogP contribution < -0.4 is 9.62 Å². The number of hydrogen-bond acceptors (Lipinski definition) is 4. The molecule has 1 atom stereocenters. The monoisotopic (exact) mass is 559 g/mol. The molecule has 0 aromatic heterocycles. The predicted octanol–water partition coefficient (Wildman–Crippen LogP) is 4.41. The molecule has 202 valence electrons. The van der Waals surface area contributed by atoms with E-state index < -0.39 is 34.3 Å². The van der Waals surface area contributed by atoms with Gasteiger partial charge >= 0.3 is 0 Å². The van der Waals surface area contributed by atoms with Crippen molar-refractivity contribution in [1.82, 2.24) is 10.2 Å². The molecule has 1 unspecified atom stereocenters. The fourth-order valence-electron chi connectivity index (χ4n) is 3.97. The molecule has 10 heteroatoms. The molecule has 0 saturated carbocycles. The van der Waals surface area contributed by atoms with Gasteiger partial charge in [-0.15, -0.1) is 0 Å². The smallest absolute Gasteiger partial charge is 0.244 e. The van der Waals surface area contributed by atoms with Crippen molar-refractivity contribution < 1.29 is 22.4 Å². The maximum Gasteiger partial charge on any atom is 0.244 e. The van der Waals surface area contributed by atoms with Gasteiger partial charge < -0.3 is 10.2 Å². The van der Waals surface area contributed by atoms with E-state index in [2.05, 4.69) is 5.32 Å². The topological polar surface area (TPSA) is 86.8 Å². The summed E-state index contributed by atoms with van der Waals surface area (Å²) in [4.78, 5) is 28.7. The summed E-state index contributed by atoms with van der Waals surface area (Å²) in [5, 5.41) is 3.29. The molecule has 3 aromatic carbocycles. The molecule has 3 aromatic rings. The van der Waals surface area contributed by atoms with Gasteiger partial charge in [0.25, 0.3) is 0 Å². The lowest BCUT2D eigenvalue weighted by Gasteiger charge is -2.34. The largest absolute Gasteiger partial charge is 0.352 e. The Kier molecular flexibility index (Phi) is 9.88. The molecule has 0 aliphatic rings. The van der Waals surface area contributed by atoms with Crippen LogP contribution in [0.4, 0.5) is 10.1 Å². The van der Waals surface area contributed by atoms with Crippen LogP contribution >= 0.6 is 11.6 Å². The fraction of sp³-hybridized carbons (Fsp3) is 0.286. The summed E-state index contributed by atoms with van der Waals surface area (Å²) >= 11 is 6.41. The highest BCUT2D eigenvalue weighted by molar-refractivity contribution is 7.92. The number of carbonyl (C=O) groups excluding carboxylic acids is 2. The van der Waals surface area contributed by atoms with E-state index in [1.54, 1.807) is 24.3 Å². The molecule has 38 heavy (non-hydrogen) atoms. The second-order valence-electron chi connectivity index (χ2n) is 9.23. The molecule has 0 radical (unpaired) electrons. The number of rotatable bonds is 11. The van der Waals surface area contributed by atoms with Gasteiger partial charge in [0.15, 0.2) is 0 Å². The molecule has 0 saturated heterocycles. The van der Waals surface area contributed by atoms with Crippen molar-refractivity contribution in [2.24, 2.45) is 0 Å². The third-order valence-electron chi connectivity index (χ3n) is 5.79. The van der Waals surface area contributed by atoms with Crippen molar-refractivity contribution in [3.05, 3.63) is 101 Å². The van der Waals surface area contributed by atoms with Crippen LogP contribution in [0.5, 0.6) is 0 Å². The number of nitrogens with zero attached hydrogens (tertiary/aromatic N) is 2. The Bertz CT molecular complexity index is 1350. The quantitative estimate of drug-likeness (QED) is 0.377. The number of amides is 2. The maximum atomic E-state index is 13.9. The van der Waals surface area contributed by atoms with Crippen molar-refractivity contribution in [3.8, 4) is 0 Å². The molecule has 0 aliphatic carbocycles. The molecule has 0 fully saturated rings. The number of nitrogens with one attached hydrogen (secondary N) is 1. The normalized spacial score (nSPS) is 12.2. The van der Waals surface area contributed by atoms with Gasteiger partial charge in [-0.25, -0.2) is 12.8 Å². The van der Waals surface area contributed by atoms with Crippen LogP contribution in [0.2, 0.25) is 5.02 Å². The zero-order valence-electron chi connectivity index (χ0n) is 21.5. The van der Waals surface area contributed by atoms with Crippen molar-refractivity contribution in [2.45, 2.75) is 38.9 Å². The van der Waals surface area contributed by atoms with E-state index >= 15 is 0 Å². The Labute approximate surface area is 228 Å². The lowest BCUT2D eigenvalue weighted by Crippen LogP contribution is -2.54. The van der Waals surface area contributed by atoms with Crippen LogP contribution in [-0.4, -0.2) is 50.0 Å². The van der Waals surface area contributed by atoms with Crippen molar-refractivity contribution in [1.29, 1.82) is 0 Å². The first kappa shape index (κ1) is 29.1. The fourth-order valence-corrected chi connectivity index (χ4v) is 5.01. The summed E-state index contributed by atoms with van der Waals surface area (Å²) in [6.45, 7) is 3.02. The first-order chi connectivity index (χ1) is 18.0. The number of anilines is 1. The molecule has 0 bridgehead atoms. The van der Waals surface area contributed by atoms with Gasteiger partial charge in [-0.1, -0.05) is 60.1 Å². The number of hydrogen-bond donors (Lipinski definition) is 1. The summed E-state index contributed by atoms with van der Waals surface area (Å²) < 4.78 is 39.8. The van der Waals surface area contributed by atoms with Crippen LogP contribution in [-0.2, 0) is 32.6 Å². The second kappa shape index (κ2) is 12.9. The van der Waals surface area contributed by atoms with Crippen LogP contribution in [0.25, 0.3) is 0 Å². The van der Waals surface area contributed by atoms with E-state index in [1.165, 1.54) is 17.0 Å². The predicted molar refractivity (Wildman–Crippen MR) is 148 cm³/mol. The molecular formula is C28H31ClFN3O4S. The van der Waals surface area contributed by atoms with E-state index in [4.69, 9.17) is 11.6 Å². The number of benzene rings is 3. The van der Waals surface area contributed by atoms with Crippen LogP contribution in [0.3, 0.4) is 0 Å². The molecule has 3 rings (SSSR count). The lowest BCUT2D eigenvalue weighted by atomic mass is 10.0. The Morgan fingerprint density at radius 3 is 2.13 bits per heavy atom. The van der Waals surface area contributed by atoms with Gasteiger partial charge in [-0.3, -0.25) is 13.9 Å². The SMILES string of the molecule is CC(C)NC(=O)C(Cc1ccccc1)N(Cc1ccccc1Cl)C(=O)CN(c1ccc(F)cc1)S(C)(=O)=O. The van der Waals surface area contributed by atoms with Crippen LogP contribution in [0.1, 0.15) is 25.0 Å². The molecule has 0 heterocycles. The van der Waals surface area contributed by atoms with Gasteiger partial charge in [0, 0.05) is 24.0 Å². The maximum absolute atomic E-state index is 13.9. The summed E-state index contributed by atoms with van der Waals surface area (Å²) in [6.07, 6.45) is 1.17. The summed E-state index contributed by atoms with van der Waals surface area (Å²) in [5.74, 6) is -1.53.